The van der Waals surface area contributed by atoms with E-state index in [0.29, 0.717) is 17.3 Å². The van der Waals surface area contributed by atoms with Gasteiger partial charge in [-0.05, 0) is 31.9 Å². The van der Waals surface area contributed by atoms with E-state index in [9.17, 15) is 4.79 Å². The van der Waals surface area contributed by atoms with E-state index in [-0.39, 0.29) is 6.03 Å². The van der Waals surface area contributed by atoms with Crippen LogP contribution in [0, 0.1) is 0 Å². The standard InChI is InChI=1S/C14H23N5OS/c1-21-13-4-2-3-12(13)17-14(20)18-7-5-11(6-8-18)19-10-15-9-16-19/h9-13H,2-8H2,1H3,(H,17,20). The molecule has 1 aromatic heterocycles. The number of nitrogens with zero attached hydrogens (tertiary/aromatic N) is 4. The van der Waals surface area contributed by atoms with Crippen molar-refractivity contribution >= 4 is 17.8 Å². The second kappa shape index (κ2) is 6.68. The number of piperidine rings is 1. The SMILES string of the molecule is CSC1CCCC1NC(=O)N1CCC(n2cncn2)CC1. The van der Waals surface area contributed by atoms with E-state index in [1.165, 1.54) is 12.8 Å². The topological polar surface area (TPSA) is 63.1 Å². The maximum atomic E-state index is 12.4. The first-order chi connectivity index (χ1) is 10.3. The van der Waals surface area contributed by atoms with Gasteiger partial charge in [0.2, 0.25) is 0 Å². The van der Waals surface area contributed by atoms with E-state index in [1.807, 2.05) is 21.3 Å². The molecule has 0 aromatic carbocycles. The Labute approximate surface area is 129 Å². The Bertz CT molecular complexity index is 458. The zero-order valence-electron chi connectivity index (χ0n) is 12.4. The fourth-order valence-electron chi connectivity index (χ4n) is 3.36. The van der Waals surface area contributed by atoms with Crippen LogP contribution in [0.25, 0.3) is 0 Å². The Balaban J connectivity index is 1.49. The summed E-state index contributed by atoms with van der Waals surface area (Å²) in [7, 11) is 0. The maximum absolute atomic E-state index is 12.4. The monoisotopic (exact) mass is 309 g/mol. The summed E-state index contributed by atoms with van der Waals surface area (Å²) < 4.78 is 1.91. The molecule has 0 bridgehead atoms. The van der Waals surface area contributed by atoms with Crippen molar-refractivity contribution in [1.29, 1.82) is 0 Å². The summed E-state index contributed by atoms with van der Waals surface area (Å²) in [5.74, 6) is 0. The molecule has 1 aliphatic heterocycles. The largest absolute Gasteiger partial charge is 0.334 e. The molecular weight excluding hydrogens is 286 g/mol. The molecule has 116 valence electrons. The number of carbonyl (C=O) groups excluding carboxylic acids is 1. The number of thioether (sulfide) groups is 1. The number of aromatic nitrogens is 3. The molecule has 6 nitrogen and oxygen atoms in total. The minimum absolute atomic E-state index is 0.109. The van der Waals surface area contributed by atoms with Gasteiger partial charge in [-0.2, -0.15) is 16.9 Å². The van der Waals surface area contributed by atoms with Crippen molar-refractivity contribution in [3.8, 4) is 0 Å². The van der Waals surface area contributed by atoms with Crippen molar-refractivity contribution in [2.45, 2.75) is 49.4 Å². The lowest BCUT2D eigenvalue weighted by atomic mass is 10.1. The van der Waals surface area contributed by atoms with Gasteiger partial charge < -0.3 is 10.2 Å². The number of carbonyl (C=O) groups is 1. The fraction of sp³-hybridized carbons (Fsp3) is 0.786. The highest BCUT2D eigenvalue weighted by molar-refractivity contribution is 7.99. The van der Waals surface area contributed by atoms with Crippen molar-refractivity contribution in [1.82, 2.24) is 25.0 Å². The van der Waals surface area contributed by atoms with Gasteiger partial charge in [0.05, 0.1) is 6.04 Å². The molecule has 3 rings (SSSR count). The van der Waals surface area contributed by atoms with Crippen molar-refractivity contribution in [2.75, 3.05) is 19.3 Å². The molecule has 1 saturated carbocycles. The van der Waals surface area contributed by atoms with Gasteiger partial charge in [-0.25, -0.2) is 14.5 Å². The zero-order chi connectivity index (χ0) is 14.7. The Kier molecular flexibility index (Phi) is 4.67. The van der Waals surface area contributed by atoms with Crippen LogP contribution in [0.2, 0.25) is 0 Å². The predicted molar refractivity (Wildman–Crippen MR) is 83.3 cm³/mol. The van der Waals surface area contributed by atoms with Crippen LogP contribution in [-0.4, -0.2) is 56.3 Å². The van der Waals surface area contributed by atoms with Crippen molar-refractivity contribution in [3.05, 3.63) is 12.7 Å². The van der Waals surface area contributed by atoms with E-state index in [0.717, 1.165) is 32.4 Å². The molecule has 0 radical (unpaired) electrons. The first-order valence-corrected chi connectivity index (χ1v) is 8.99. The van der Waals surface area contributed by atoms with Crippen LogP contribution >= 0.6 is 11.8 Å². The van der Waals surface area contributed by atoms with Gasteiger partial charge in [0.15, 0.2) is 0 Å². The molecule has 2 fully saturated rings. The molecule has 7 heteroatoms. The lowest BCUT2D eigenvalue weighted by Gasteiger charge is -2.33. The molecule has 0 spiro atoms. The minimum Gasteiger partial charge on any atom is -0.334 e. The lowest BCUT2D eigenvalue weighted by molar-refractivity contribution is 0.165. The van der Waals surface area contributed by atoms with Gasteiger partial charge in [0, 0.05) is 24.4 Å². The molecule has 1 aromatic rings. The van der Waals surface area contributed by atoms with Crippen LogP contribution < -0.4 is 5.32 Å². The number of likely N-dealkylation sites (tertiary alicyclic amines) is 1. The van der Waals surface area contributed by atoms with Crippen LogP contribution in [0.15, 0.2) is 12.7 Å². The van der Waals surface area contributed by atoms with Crippen LogP contribution in [0.5, 0.6) is 0 Å². The summed E-state index contributed by atoms with van der Waals surface area (Å²) in [5, 5.41) is 8.01. The minimum atomic E-state index is 0.109. The summed E-state index contributed by atoms with van der Waals surface area (Å²) in [6.07, 6.45) is 10.9. The van der Waals surface area contributed by atoms with Gasteiger partial charge in [0.25, 0.3) is 0 Å². The van der Waals surface area contributed by atoms with E-state index in [4.69, 9.17) is 0 Å². The molecule has 2 amide bonds. The van der Waals surface area contributed by atoms with E-state index < -0.39 is 0 Å². The van der Waals surface area contributed by atoms with Crippen LogP contribution in [0.4, 0.5) is 4.79 Å². The smallest absolute Gasteiger partial charge is 0.317 e. The van der Waals surface area contributed by atoms with Crippen molar-refractivity contribution < 1.29 is 4.79 Å². The number of rotatable bonds is 3. The number of nitrogens with one attached hydrogen (secondary N) is 1. The number of hydrogen-bond donors (Lipinski definition) is 1. The van der Waals surface area contributed by atoms with Gasteiger partial charge in [-0.15, -0.1) is 0 Å². The second-order valence-electron chi connectivity index (χ2n) is 5.85. The molecule has 2 heterocycles. The quantitative estimate of drug-likeness (QED) is 0.926. The van der Waals surface area contributed by atoms with Crippen molar-refractivity contribution in [3.63, 3.8) is 0 Å². The predicted octanol–water partition coefficient (Wildman–Crippen LogP) is 1.91. The summed E-state index contributed by atoms with van der Waals surface area (Å²) in [4.78, 5) is 18.3. The summed E-state index contributed by atoms with van der Waals surface area (Å²) in [6, 6.07) is 0.834. The third kappa shape index (κ3) is 3.33. The average Bonchev–Trinajstić information content (AvgIpc) is 3.18. The molecule has 2 aliphatic rings. The highest BCUT2D eigenvalue weighted by Gasteiger charge is 2.30. The Morgan fingerprint density at radius 2 is 2.10 bits per heavy atom. The van der Waals surface area contributed by atoms with Crippen molar-refractivity contribution in [2.24, 2.45) is 0 Å². The first-order valence-electron chi connectivity index (χ1n) is 7.70. The molecule has 21 heavy (non-hydrogen) atoms. The molecule has 1 aliphatic carbocycles. The fourth-order valence-corrected chi connectivity index (χ4v) is 4.30. The van der Waals surface area contributed by atoms with E-state index >= 15 is 0 Å². The molecular formula is C14H23N5OS. The van der Waals surface area contributed by atoms with Gasteiger partial charge in [-0.1, -0.05) is 6.42 Å². The number of hydrogen-bond acceptors (Lipinski definition) is 4. The summed E-state index contributed by atoms with van der Waals surface area (Å²) >= 11 is 1.88. The third-order valence-corrected chi connectivity index (χ3v) is 5.80. The third-order valence-electron chi connectivity index (χ3n) is 4.63. The highest BCUT2D eigenvalue weighted by Crippen LogP contribution is 2.29. The zero-order valence-corrected chi connectivity index (χ0v) is 13.3. The van der Waals surface area contributed by atoms with Gasteiger partial charge >= 0.3 is 6.03 Å². The Morgan fingerprint density at radius 3 is 2.76 bits per heavy atom. The molecule has 2 unspecified atom stereocenters. The van der Waals surface area contributed by atoms with Gasteiger partial charge in [0.1, 0.15) is 12.7 Å². The normalized spacial score (nSPS) is 27.0. The molecule has 1 saturated heterocycles. The Hall–Kier alpha value is -1.24. The van der Waals surface area contributed by atoms with E-state index in [1.54, 1.807) is 12.7 Å². The number of urea groups is 1. The summed E-state index contributed by atoms with van der Waals surface area (Å²) in [6.45, 7) is 1.60. The van der Waals surface area contributed by atoms with Crippen LogP contribution in [0.3, 0.4) is 0 Å². The second-order valence-corrected chi connectivity index (χ2v) is 6.93. The van der Waals surface area contributed by atoms with Gasteiger partial charge in [-0.3, -0.25) is 0 Å². The van der Waals surface area contributed by atoms with E-state index in [2.05, 4.69) is 21.7 Å². The maximum Gasteiger partial charge on any atom is 0.317 e. The number of amides is 2. The molecule has 2 atom stereocenters. The Morgan fingerprint density at radius 1 is 1.29 bits per heavy atom. The van der Waals surface area contributed by atoms with Crippen LogP contribution in [-0.2, 0) is 0 Å². The average molecular weight is 309 g/mol. The lowest BCUT2D eigenvalue weighted by Crippen LogP contribution is -2.49. The summed E-state index contributed by atoms with van der Waals surface area (Å²) in [5.41, 5.74) is 0. The molecule has 1 N–H and O–H groups in total. The highest BCUT2D eigenvalue weighted by atomic mass is 32.2. The first kappa shape index (κ1) is 14.7. The van der Waals surface area contributed by atoms with Crippen LogP contribution in [0.1, 0.15) is 38.1 Å².